The number of hydrogen-bond donors (Lipinski definition) is 1. The first-order chi connectivity index (χ1) is 9.29. The molecule has 0 bridgehead atoms. The van der Waals surface area contributed by atoms with Crippen molar-refractivity contribution in [2.45, 2.75) is 13.5 Å². The maximum absolute atomic E-state index is 4.98. The highest BCUT2D eigenvalue weighted by Gasteiger charge is 2.06. The quantitative estimate of drug-likeness (QED) is 0.780. The van der Waals surface area contributed by atoms with E-state index in [0.29, 0.717) is 24.7 Å². The fourth-order valence-electron chi connectivity index (χ4n) is 1.64. The van der Waals surface area contributed by atoms with E-state index in [1.165, 1.54) is 0 Å². The monoisotopic (exact) mass is 259 g/mol. The van der Waals surface area contributed by atoms with Gasteiger partial charge in [-0.2, -0.15) is 0 Å². The Labute approximate surface area is 112 Å². The molecule has 0 unspecified atom stereocenters. The van der Waals surface area contributed by atoms with Gasteiger partial charge in [0.1, 0.15) is 5.69 Å². The highest BCUT2D eigenvalue weighted by atomic mass is 16.5. The third-order valence-electron chi connectivity index (χ3n) is 2.49. The number of aryl methyl sites for hydroxylation is 1. The van der Waals surface area contributed by atoms with Crippen molar-refractivity contribution in [3.63, 3.8) is 0 Å². The number of ether oxygens (including phenoxy) is 1. The Hall–Kier alpha value is -1.92. The summed E-state index contributed by atoms with van der Waals surface area (Å²) in [5, 5.41) is 3.26. The molecule has 0 atom stereocenters. The number of nitrogens with zero attached hydrogens (tertiary/aromatic N) is 4. The lowest BCUT2D eigenvalue weighted by molar-refractivity contribution is 0.199. The summed E-state index contributed by atoms with van der Waals surface area (Å²) in [6.07, 6.45) is 4.93. The summed E-state index contributed by atoms with van der Waals surface area (Å²) in [5.41, 5.74) is 2.53. The summed E-state index contributed by atoms with van der Waals surface area (Å²) < 4.78 is 4.98. The van der Waals surface area contributed by atoms with Crippen molar-refractivity contribution in [1.82, 2.24) is 25.3 Å². The molecule has 19 heavy (non-hydrogen) atoms. The highest BCUT2D eigenvalue weighted by molar-refractivity contribution is 5.47. The second kappa shape index (κ2) is 6.86. The Morgan fingerprint density at radius 1 is 1.26 bits per heavy atom. The van der Waals surface area contributed by atoms with E-state index < -0.39 is 0 Å². The van der Waals surface area contributed by atoms with E-state index >= 15 is 0 Å². The average Bonchev–Trinajstić information content (AvgIpc) is 2.44. The molecule has 2 heterocycles. The standard InChI is InChI=1S/C13H17N5O/c1-10-7-11(8-15-5-6-19-2)18-13(17-10)12-9-14-3-4-16-12/h3-4,7,9,15H,5-6,8H2,1-2H3. The molecule has 0 amide bonds. The highest BCUT2D eigenvalue weighted by Crippen LogP contribution is 2.11. The van der Waals surface area contributed by atoms with Gasteiger partial charge in [-0.05, 0) is 13.0 Å². The molecule has 0 aliphatic carbocycles. The predicted molar refractivity (Wildman–Crippen MR) is 71.4 cm³/mol. The van der Waals surface area contributed by atoms with Gasteiger partial charge < -0.3 is 10.1 Å². The van der Waals surface area contributed by atoms with Crippen molar-refractivity contribution in [3.05, 3.63) is 36.0 Å². The van der Waals surface area contributed by atoms with Crippen molar-refractivity contribution in [2.75, 3.05) is 20.3 Å². The van der Waals surface area contributed by atoms with Crippen LogP contribution in [-0.2, 0) is 11.3 Å². The fourth-order valence-corrected chi connectivity index (χ4v) is 1.64. The van der Waals surface area contributed by atoms with Crippen LogP contribution in [0.25, 0.3) is 11.5 Å². The smallest absolute Gasteiger partial charge is 0.180 e. The summed E-state index contributed by atoms with van der Waals surface area (Å²) in [5.74, 6) is 0.608. The average molecular weight is 259 g/mol. The summed E-state index contributed by atoms with van der Waals surface area (Å²) in [6.45, 7) is 4.10. The third kappa shape index (κ3) is 4.04. The molecule has 6 nitrogen and oxygen atoms in total. The molecule has 100 valence electrons. The minimum absolute atomic E-state index is 0.608. The minimum atomic E-state index is 0.608. The number of nitrogens with one attached hydrogen (secondary N) is 1. The largest absolute Gasteiger partial charge is 0.383 e. The van der Waals surface area contributed by atoms with E-state index in [2.05, 4.69) is 25.3 Å². The molecule has 0 spiro atoms. The summed E-state index contributed by atoms with van der Waals surface area (Å²) in [4.78, 5) is 17.1. The number of aromatic nitrogens is 4. The van der Waals surface area contributed by atoms with E-state index in [9.17, 15) is 0 Å². The Bertz CT molecular complexity index is 518. The normalized spacial score (nSPS) is 10.6. The molecular weight excluding hydrogens is 242 g/mol. The van der Waals surface area contributed by atoms with Crippen LogP contribution in [0.15, 0.2) is 24.7 Å². The molecule has 2 aromatic heterocycles. The summed E-state index contributed by atoms with van der Waals surface area (Å²) in [6, 6.07) is 1.96. The molecule has 0 aliphatic heterocycles. The third-order valence-corrected chi connectivity index (χ3v) is 2.49. The summed E-state index contributed by atoms with van der Waals surface area (Å²) in [7, 11) is 1.68. The molecule has 2 rings (SSSR count). The molecular formula is C13H17N5O. The zero-order chi connectivity index (χ0) is 13.5. The maximum atomic E-state index is 4.98. The second-order valence-electron chi connectivity index (χ2n) is 4.08. The first-order valence-electron chi connectivity index (χ1n) is 6.10. The lowest BCUT2D eigenvalue weighted by atomic mass is 10.3. The van der Waals surface area contributed by atoms with Gasteiger partial charge in [-0.15, -0.1) is 0 Å². The van der Waals surface area contributed by atoms with Crippen LogP contribution >= 0.6 is 0 Å². The van der Waals surface area contributed by atoms with Crippen LogP contribution in [-0.4, -0.2) is 40.2 Å². The SMILES string of the molecule is COCCNCc1cc(C)nc(-c2cnccn2)n1. The molecule has 0 fully saturated rings. The Morgan fingerprint density at radius 2 is 2.16 bits per heavy atom. The first-order valence-corrected chi connectivity index (χ1v) is 6.10. The van der Waals surface area contributed by atoms with Gasteiger partial charge in [0.15, 0.2) is 5.82 Å². The van der Waals surface area contributed by atoms with Crippen molar-refractivity contribution in [3.8, 4) is 11.5 Å². The van der Waals surface area contributed by atoms with E-state index in [0.717, 1.165) is 17.9 Å². The zero-order valence-corrected chi connectivity index (χ0v) is 11.1. The van der Waals surface area contributed by atoms with Gasteiger partial charge in [-0.1, -0.05) is 0 Å². The minimum Gasteiger partial charge on any atom is -0.383 e. The van der Waals surface area contributed by atoms with Crippen molar-refractivity contribution in [2.24, 2.45) is 0 Å². The number of rotatable bonds is 6. The molecule has 0 saturated carbocycles. The van der Waals surface area contributed by atoms with Crippen molar-refractivity contribution in [1.29, 1.82) is 0 Å². The van der Waals surface area contributed by atoms with Gasteiger partial charge >= 0.3 is 0 Å². The predicted octanol–water partition coefficient (Wildman–Crippen LogP) is 0.978. The second-order valence-corrected chi connectivity index (χ2v) is 4.08. The van der Waals surface area contributed by atoms with Crippen LogP contribution in [0.1, 0.15) is 11.4 Å². The molecule has 1 N–H and O–H groups in total. The van der Waals surface area contributed by atoms with Crippen LogP contribution < -0.4 is 5.32 Å². The van der Waals surface area contributed by atoms with Gasteiger partial charge in [0.2, 0.25) is 0 Å². The van der Waals surface area contributed by atoms with Crippen molar-refractivity contribution >= 4 is 0 Å². The van der Waals surface area contributed by atoms with E-state index in [1.54, 1.807) is 25.7 Å². The summed E-state index contributed by atoms with van der Waals surface area (Å²) >= 11 is 0. The molecule has 0 saturated heterocycles. The molecule has 0 aliphatic rings. The Morgan fingerprint density at radius 3 is 2.89 bits per heavy atom. The molecule has 0 radical (unpaired) electrons. The lowest BCUT2D eigenvalue weighted by Crippen LogP contribution is -2.19. The van der Waals surface area contributed by atoms with Crippen LogP contribution in [0, 0.1) is 6.92 Å². The van der Waals surface area contributed by atoms with Gasteiger partial charge in [-0.3, -0.25) is 4.98 Å². The molecule has 6 heteroatoms. The maximum Gasteiger partial charge on any atom is 0.180 e. The zero-order valence-electron chi connectivity index (χ0n) is 11.1. The van der Waals surface area contributed by atoms with Crippen LogP contribution in [0.5, 0.6) is 0 Å². The van der Waals surface area contributed by atoms with Gasteiger partial charge in [-0.25, -0.2) is 15.0 Å². The topological polar surface area (TPSA) is 72.8 Å². The van der Waals surface area contributed by atoms with Crippen LogP contribution in [0.3, 0.4) is 0 Å². The van der Waals surface area contributed by atoms with E-state index in [-0.39, 0.29) is 0 Å². The Kier molecular flexibility index (Phi) is 4.88. The molecule has 0 aromatic carbocycles. The van der Waals surface area contributed by atoms with Crippen molar-refractivity contribution < 1.29 is 4.74 Å². The first kappa shape index (κ1) is 13.5. The van der Waals surface area contributed by atoms with Gasteiger partial charge in [0.25, 0.3) is 0 Å². The van der Waals surface area contributed by atoms with E-state index in [4.69, 9.17) is 4.74 Å². The van der Waals surface area contributed by atoms with Gasteiger partial charge in [0, 0.05) is 38.3 Å². The van der Waals surface area contributed by atoms with Crippen LogP contribution in [0.2, 0.25) is 0 Å². The van der Waals surface area contributed by atoms with Gasteiger partial charge in [0.05, 0.1) is 18.5 Å². The van der Waals surface area contributed by atoms with E-state index in [1.807, 2.05) is 13.0 Å². The lowest BCUT2D eigenvalue weighted by Gasteiger charge is -2.06. The molecule has 2 aromatic rings. The Balaban J connectivity index is 2.11. The number of methoxy groups -OCH3 is 1. The number of hydrogen-bond acceptors (Lipinski definition) is 6. The van der Waals surface area contributed by atoms with Crippen LogP contribution in [0.4, 0.5) is 0 Å². The fraction of sp³-hybridized carbons (Fsp3) is 0.385.